The molecule has 0 aliphatic heterocycles. The van der Waals surface area contributed by atoms with Crippen LogP contribution in [0, 0.1) is 17.8 Å². The van der Waals surface area contributed by atoms with Crippen molar-refractivity contribution in [2.75, 3.05) is 6.54 Å². The van der Waals surface area contributed by atoms with Crippen molar-refractivity contribution in [2.45, 2.75) is 38.1 Å². The van der Waals surface area contributed by atoms with Crippen LogP contribution >= 0.6 is 0 Å². The Morgan fingerprint density at radius 3 is 2.65 bits per heavy atom. The minimum absolute atomic E-state index is 0.0563. The van der Waals surface area contributed by atoms with Gasteiger partial charge in [-0.1, -0.05) is 0 Å². The van der Waals surface area contributed by atoms with Gasteiger partial charge in [0, 0.05) is 12.5 Å². The third kappa shape index (κ3) is 2.44. The molecule has 5 heteroatoms. The van der Waals surface area contributed by atoms with Crippen molar-refractivity contribution in [3.8, 4) is 0 Å². The van der Waals surface area contributed by atoms with E-state index in [-0.39, 0.29) is 23.8 Å². The molecule has 1 amide bonds. The lowest BCUT2D eigenvalue weighted by molar-refractivity contribution is -0.144. The van der Waals surface area contributed by atoms with Crippen molar-refractivity contribution in [3.05, 3.63) is 0 Å². The van der Waals surface area contributed by atoms with Crippen molar-refractivity contribution in [2.24, 2.45) is 23.5 Å². The first kappa shape index (κ1) is 12.4. The van der Waals surface area contributed by atoms with Gasteiger partial charge >= 0.3 is 5.97 Å². The van der Waals surface area contributed by atoms with Crippen LogP contribution in [-0.2, 0) is 9.59 Å². The Morgan fingerprint density at radius 1 is 1.29 bits per heavy atom. The van der Waals surface area contributed by atoms with E-state index in [2.05, 4.69) is 5.32 Å². The number of aliphatic carboxylic acids is 1. The van der Waals surface area contributed by atoms with Gasteiger partial charge in [-0.2, -0.15) is 0 Å². The number of carboxylic acids is 1. The smallest absolute Gasteiger partial charge is 0.308 e. The molecule has 4 N–H and O–H groups in total. The van der Waals surface area contributed by atoms with Crippen molar-refractivity contribution >= 4 is 11.9 Å². The van der Waals surface area contributed by atoms with Gasteiger partial charge in [-0.25, -0.2) is 0 Å². The van der Waals surface area contributed by atoms with E-state index in [9.17, 15) is 14.7 Å². The summed E-state index contributed by atoms with van der Waals surface area (Å²) in [4.78, 5) is 22.9. The normalized spacial score (nSPS) is 34.9. The zero-order chi connectivity index (χ0) is 12.4. The van der Waals surface area contributed by atoms with Crippen LogP contribution in [0.5, 0.6) is 0 Å². The maximum Gasteiger partial charge on any atom is 0.308 e. The molecule has 0 aromatic rings. The zero-order valence-corrected chi connectivity index (χ0v) is 9.89. The number of nitrogens with one attached hydrogen (secondary N) is 1. The molecule has 2 saturated carbocycles. The number of hydrogen-bond donors (Lipinski definition) is 3. The number of carbonyl (C=O) groups excluding carboxylic acids is 1. The van der Waals surface area contributed by atoms with Crippen molar-refractivity contribution < 1.29 is 14.7 Å². The second-order valence-electron chi connectivity index (χ2n) is 5.18. The predicted octanol–water partition coefficient (Wildman–Crippen LogP) is 0.341. The Balaban J connectivity index is 1.94. The molecule has 0 radical (unpaired) electrons. The topological polar surface area (TPSA) is 92.4 Å². The third-order valence-corrected chi connectivity index (χ3v) is 4.14. The molecule has 2 aliphatic rings. The highest BCUT2D eigenvalue weighted by molar-refractivity contribution is 5.78. The number of rotatable bonds is 5. The molecule has 0 aromatic carbocycles. The second-order valence-corrected chi connectivity index (χ2v) is 5.18. The minimum atomic E-state index is -0.763. The monoisotopic (exact) mass is 240 g/mol. The first-order valence-corrected chi connectivity index (χ1v) is 6.35. The maximum absolute atomic E-state index is 11.6. The van der Waals surface area contributed by atoms with E-state index in [1.54, 1.807) is 0 Å². The SMILES string of the molecule is NCCCC(=O)NC1C2CCC(C2)C1C(=O)O. The average molecular weight is 240 g/mol. The lowest BCUT2D eigenvalue weighted by Gasteiger charge is -2.28. The fourth-order valence-corrected chi connectivity index (χ4v) is 3.38. The number of amides is 1. The Bertz CT molecular complexity index is 319. The van der Waals surface area contributed by atoms with E-state index in [1.165, 1.54) is 0 Å². The minimum Gasteiger partial charge on any atom is -0.481 e. The van der Waals surface area contributed by atoms with E-state index >= 15 is 0 Å². The zero-order valence-electron chi connectivity index (χ0n) is 9.89. The number of carbonyl (C=O) groups is 2. The summed E-state index contributed by atoms with van der Waals surface area (Å²) >= 11 is 0. The summed E-state index contributed by atoms with van der Waals surface area (Å²) in [5.74, 6) is -0.573. The van der Waals surface area contributed by atoms with Crippen molar-refractivity contribution in [1.82, 2.24) is 5.32 Å². The van der Waals surface area contributed by atoms with Gasteiger partial charge in [0.2, 0.25) is 5.91 Å². The van der Waals surface area contributed by atoms with Gasteiger partial charge in [-0.3, -0.25) is 9.59 Å². The molecule has 2 bridgehead atoms. The summed E-state index contributed by atoms with van der Waals surface area (Å²) in [5, 5.41) is 12.1. The van der Waals surface area contributed by atoms with Gasteiger partial charge in [0.15, 0.2) is 0 Å². The first-order chi connectivity index (χ1) is 8.13. The summed E-state index contributed by atoms with van der Waals surface area (Å²) in [6.45, 7) is 0.493. The quantitative estimate of drug-likeness (QED) is 0.646. The molecule has 17 heavy (non-hydrogen) atoms. The van der Waals surface area contributed by atoms with E-state index in [1.807, 2.05) is 0 Å². The highest BCUT2D eigenvalue weighted by Gasteiger charge is 2.51. The predicted molar refractivity (Wildman–Crippen MR) is 62.2 cm³/mol. The number of hydrogen-bond acceptors (Lipinski definition) is 3. The van der Waals surface area contributed by atoms with Crippen LogP contribution in [0.2, 0.25) is 0 Å². The largest absolute Gasteiger partial charge is 0.481 e. The summed E-state index contributed by atoms with van der Waals surface area (Å²) in [7, 11) is 0. The van der Waals surface area contributed by atoms with Gasteiger partial charge in [0.05, 0.1) is 5.92 Å². The fourth-order valence-electron chi connectivity index (χ4n) is 3.38. The van der Waals surface area contributed by atoms with Crippen molar-refractivity contribution in [1.29, 1.82) is 0 Å². The molecule has 0 spiro atoms. The summed E-state index contributed by atoms with van der Waals surface area (Å²) in [6, 6.07) is -0.156. The molecule has 0 heterocycles. The number of fused-ring (bicyclic) bond motifs is 2. The van der Waals surface area contributed by atoms with E-state index in [0.29, 0.717) is 25.3 Å². The van der Waals surface area contributed by atoms with E-state index in [0.717, 1.165) is 19.3 Å². The van der Waals surface area contributed by atoms with E-state index in [4.69, 9.17) is 5.73 Å². The first-order valence-electron chi connectivity index (χ1n) is 6.35. The fraction of sp³-hybridized carbons (Fsp3) is 0.833. The number of carboxylic acid groups (broad SMARTS) is 1. The molecule has 0 saturated heterocycles. The lowest BCUT2D eigenvalue weighted by atomic mass is 9.84. The summed E-state index contributed by atoms with van der Waals surface area (Å²) < 4.78 is 0. The molecule has 2 aliphatic carbocycles. The summed E-state index contributed by atoms with van der Waals surface area (Å²) in [5.41, 5.74) is 5.35. The molecule has 2 rings (SSSR count). The standard InChI is InChI=1S/C12H20N2O3/c13-5-1-2-9(15)14-11-8-4-3-7(6-8)10(11)12(16)17/h7-8,10-11H,1-6,13H2,(H,14,15)(H,16,17). The molecule has 5 nitrogen and oxygen atoms in total. The average Bonchev–Trinajstić information content (AvgIpc) is 2.86. The third-order valence-electron chi connectivity index (χ3n) is 4.14. The van der Waals surface area contributed by atoms with Crippen molar-refractivity contribution in [3.63, 3.8) is 0 Å². The van der Waals surface area contributed by atoms with Gasteiger partial charge in [0.25, 0.3) is 0 Å². The second kappa shape index (κ2) is 5.04. The Labute approximate surface area is 101 Å². The van der Waals surface area contributed by atoms with Gasteiger partial charge in [-0.05, 0) is 44.1 Å². The van der Waals surface area contributed by atoms with Gasteiger partial charge < -0.3 is 16.2 Å². The number of nitrogens with two attached hydrogens (primary N) is 1. The van der Waals surface area contributed by atoms with Gasteiger partial charge in [0.1, 0.15) is 0 Å². The molecule has 96 valence electrons. The Hall–Kier alpha value is -1.10. The maximum atomic E-state index is 11.6. The van der Waals surface area contributed by atoms with Crippen LogP contribution < -0.4 is 11.1 Å². The van der Waals surface area contributed by atoms with Crippen LogP contribution in [0.4, 0.5) is 0 Å². The van der Waals surface area contributed by atoms with Gasteiger partial charge in [-0.15, -0.1) is 0 Å². The van der Waals surface area contributed by atoms with Crippen LogP contribution in [0.3, 0.4) is 0 Å². The Kier molecular flexibility index (Phi) is 3.66. The van der Waals surface area contributed by atoms with Crippen LogP contribution in [0.15, 0.2) is 0 Å². The molecular weight excluding hydrogens is 220 g/mol. The highest BCUT2D eigenvalue weighted by atomic mass is 16.4. The van der Waals surface area contributed by atoms with E-state index < -0.39 is 5.97 Å². The highest BCUT2D eigenvalue weighted by Crippen LogP contribution is 2.48. The molecule has 4 unspecified atom stereocenters. The molecule has 4 atom stereocenters. The lowest BCUT2D eigenvalue weighted by Crippen LogP contribution is -2.46. The Morgan fingerprint density at radius 2 is 2.00 bits per heavy atom. The molecular formula is C12H20N2O3. The molecule has 2 fully saturated rings. The van der Waals surface area contributed by atoms with Crippen LogP contribution in [-0.4, -0.2) is 29.6 Å². The van der Waals surface area contributed by atoms with Crippen LogP contribution in [0.1, 0.15) is 32.1 Å². The van der Waals surface area contributed by atoms with Crippen LogP contribution in [0.25, 0.3) is 0 Å². The molecule has 0 aromatic heterocycles. The summed E-state index contributed by atoms with van der Waals surface area (Å²) in [6.07, 6.45) is 4.06.